The number of rotatable bonds is 13. The van der Waals surface area contributed by atoms with E-state index in [0.29, 0.717) is 18.4 Å². The number of ketones is 4. The Morgan fingerprint density at radius 1 is 1.08 bits per heavy atom. The summed E-state index contributed by atoms with van der Waals surface area (Å²) in [4.78, 5) is 65.7. The van der Waals surface area contributed by atoms with E-state index in [0.717, 1.165) is 24.5 Å². The molecule has 3 atom stereocenters. The van der Waals surface area contributed by atoms with Crippen molar-refractivity contribution in [3.63, 3.8) is 0 Å². The predicted molar refractivity (Wildman–Crippen MR) is 149 cm³/mol. The Kier molecular flexibility index (Phi) is 11.0. The number of carbonyl (C=O) groups is 5. The van der Waals surface area contributed by atoms with E-state index in [1.54, 1.807) is 24.3 Å². The van der Waals surface area contributed by atoms with Crippen molar-refractivity contribution < 1.29 is 24.0 Å². The number of likely N-dealkylation sites (N-methyl/N-ethyl adjacent to an activating group) is 1. The Hall–Kier alpha value is -1.97. The topological polar surface area (TPSA) is 101 Å². The van der Waals surface area contributed by atoms with Gasteiger partial charge in [-0.1, -0.05) is 43.7 Å². The zero-order chi connectivity index (χ0) is 27.0. The molecule has 1 N–H and O–H groups in total. The number of nitrogens with one attached hydrogen (secondary N) is 1. The fourth-order valence-corrected chi connectivity index (χ4v) is 8.60. The number of Topliss-reactive ketones (excluding diaryl/α,β-unsaturated/α-hetero) is 4. The van der Waals surface area contributed by atoms with Crippen molar-refractivity contribution in [1.82, 2.24) is 10.2 Å². The van der Waals surface area contributed by atoms with Crippen LogP contribution in [0.4, 0.5) is 0 Å². The van der Waals surface area contributed by atoms with E-state index >= 15 is 0 Å². The summed E-state index contributed by atoms with van der Waals surface area (Å²) < 4.78 is 0.0538. The maximum Gasteiger partial charge on any atom is 0.221 e. The molecule has 2 aliphatic heterocycles. The molecule has 2 fully saturated rings. The molecule has 2 aliphatic rings. The van der Waals surface area contributed by atoms with Gasteiger partial charge in [-0.15, -0.1) is 23.5 Å². The lowest BCUT2D eigenvalue weighted by Crippen LogP contribution is -2.36. The zero-order valence-electron chi connectivity index (χ0n) is 22.0. The molecule has 1 aromatic rings. The van der Waals surface area contributed by atoms with Gasteiger partial charge < -0.3 is 5.32 Å². The van der Waals surface area contributed by atoms with Crippen LogP contribution in [0.25, 0.3) is 0 Å². The van der Waals surface area contributed by atoms with Crippen LogP contribution in [0, 0.1) is 5.92 Å². The maximum absolute atomic E-state index is 13.3. The molecular weight excluding hydrogens is 508 g/mol. The van der Waals surface area contributed by atoms with E-state index < -0.39 is 29.4 Å². The van der Waals surface area contributed by atoms with Crippen LogP contribution in [0.5, 0.6) is 0 Å². The molecule has 1 spiro atoms. The van der Waals surface area contributed by atoms with E-state index in [1.807, 2.05) is 43.6 Å². The van der Waals surface area contributed by atoms with Gasteiger partial charge in [-0.25, -0.2) is 0 Å². The van der Waals surface area contributed by atoms with E-state index in [9.17, 15) is 24.0 Å². The maximum atomic E-state index is 13.3. The normalized spacial score (nSPS) is 20.8. The van der Waals surface area contributed by atoms with Gasteiger partial charge in [0.25, 0.3) is 0 Å². The van der Waals surface area contributed by atoms with Crippen LogP contribution in [0.2, 0.25) is 0 Å². The van der Waals surface area contributed by atoms with Gasteiger partial charge in [0.15, 0.2) is 17.3 Å². The second-order valence-electron chi connectivity index (χ2n) is 10.1. The third kappa shape index (κ3) is 8.01. The minimum atomic E-state index is -0.794. The van der Waals surface area contributed by atoms with E-state index in [-0.39, 0.29) is 40.9 Å². The summed E-state index contributed by atoms with van der Waals surface area (Å²) in [5, 5.41) is 2.67. The number of benzene rings is 1. The molecular formula is C28H38N2O5S2. The molecule has 37 heavy (non-hydrogen) atoms. The smallest absolute Gasteiger partial charge is 0.221 e. The third-order valence-corrected chi connectivity index (χ3v) is 10.4. The molecule has 3 rings (SSSR count). The number of carbonyl (C=O) groups excluding carboxylic acids is 5. The Morgan fingerprint density at radius 3 is 2.38 bits per heavy atom. The molecule has 2 heterocycles. The van der Waals surface area contributed by atoms with Gasteiger partial charge in [0, 0.05) is 31.7 Å². The summed E-state index contributed by atoms with van der Waals surface area (Å²) in [5.74, 6) is -0.282. The average molecular weight is 547 g/mol. The molecule has 1 amide bonds. The minimum absolute atomic E-state index is 0.0238. The highest BCUT2D eigenvalue weighted by atomic mass is 32.2. The first-order valence-corrected chi connectivity index (χ1v) is 15.1. The summed E-state index contributed by atoms with van der Waals surface area (Å²) in [6, 6.07) is 7.87. The van der Waals surface area contributed by atoms with Crippen LogP contribution < -0.4 is 5.32 Å². The lowest BCUT2D eigenvalue weighted by molar-refractivity contribution is -0.141. The quantitative estimate of drug-likeness (QED) is 0.371. The summed E-state index contributed by atoms with van der Waals surface area (Å²) in [6.45, 7) is 4.18. The minimum Gasteiger partial charge on any atom is -0.342 e. The van der Waals surface area contributed by atoms with Crippen molar-refractivity contribution in [2.45, 2.75) is 75.0 Å². The molecule has 0 saturated carbocycles. The highest BCUT2D eigenvalue weighted by Crippen LogP contribution is 2.50. The van der Waals surface area contributed by atoms with Crippen molar-refractivity contribution in [1.29, 1.82) is 0 Å². The third-order valence-electron chi connectivity index (χ3n) is 7.07. The monoisotopic (exact) mass is 546 g/mol. The number of thioether (sulfide) groups is 2. The molecule has 2 saturated heterocycles. The molecule has 1 aromatic carbocycles. The fourth-order valence-electron chi connectivity index (χ4n) is 5.12. The number of hydrogen-bond donors (Lipinski definition) is 1. The second-order valence-corrected chi connectivity index (χ2v) is 13.3. The number of nitrogens with zero attached hydrogens (tertiary/aromatic N) is 1. The Morgan fingerprint density at radius 2 is 1.76 bits per heavy atom. The summed E-state index contributed by atoms with van der Waals surface area (Å²) >= 11 is 3.88. The summed E-state index contributed by atoms with van der Waals surface area (Å²) in [5.41, 5.74) is 0.663. The number of likely N-dealkylation sites (tertiary alicyclic amines) is 1. The Labute approximate surface area is 228 Å². The van der Waals surface area contributed by atoms with Crippen molar-refractivity contribution in [2.75, 3.05) is 25.1 Å². The SMILES string of the molecule is CCCC(CC(=O)C1CC2(CN1C)SCCCS2)C(=O)C(=O)CCC(=O)N[C@H](C(C)=O)c1ccccc1. The van der Waals surface area contributed by atoms with Crippen molar-refractivity contribution in [3.8, 4) is 0 Å². The number of hydrogen-bond acceptors (Lipinski definition) is 8. The highest BCUT2D eigenvalue weighted by molar-refractivity contribution is 8.18. The molecule has 9 heteroatoms. The first-order chi connectivity index (χ1) is 17.7. The van der Waals surface area contributed by atoms with Crippen molar-refractivity contribution in [3.05, 3.63) is 35.9 Å². The van der Waals surface area contributed by atoms with E-state index in [1.165, 1.54) is 13.3 Å². The van der Waals surface area contributed by atoms with Crippen molar-refractivity contribution >= 4 is 52.6 Å². The van der Waals surface area contributed by atoms with Crippen LogP contribution in [0.1, 0.15) is 70.4 Å². The first kappa shape index (κ1) is 29.6. The lowest BCUT2D eigenvalue weighted by atomic mass is 9.87. The number of amides is 1. The summed E-state index contributed by atoms with van der Waals surface area (Å²) in [6.07, 6.45) is 2.75. The Bertz CT molecular complexity index is 994. The molecule has 0 aromatic heterocycles. The van der Waals surface area contributed by atoms with Crippen LogP contribution in [0.15, 0.2) is 30.3 Å². The lowest BCUT2D eigenvalue weighted by Gasteiger charge is -2.31. The fraction of sp³-hybridized carbons (Fsp3) is 0.607. The molecule has 0 bridgehead atoms. The standard InChI is InChI=1S/C28H38N2O5S2/c1-4-9-21(16-24(33)22-17-28(18-30(22)3)36-14-8-15-37-28)27(35)23(32)12-13-25(34)29-26(19(2)31)20-10-6-5-7-11-20/h5-7,10-11,21-22,26H,4,8-9,12-18H2,1-3H3,(H,29,34)/t21?,22?,26-/m1/s1. The van der Waals surface area contributed by atoms with Crippen LogP contribution in [-0.4, -0.2) is 69.2 Å². The van der Waals surface area contributed by atoms with Gasteiger partial charge in [0.2, 0.25) is 11.7 Å². The van der Waals surface area contributed by atoms with Gasteiger partial charge >= 0.3 is 0 Å². The van der Waals surface area contributed by atoms with Crippen LogP contribution in [-0.2, 0) is 24.0 Å². The van der Waals surface area contributed by atoms with Gasteiger partial charge in [-0.2, -0.15) is 0 Å². The average Bonchev–Trinajstić information content (AvgIpc) is 3.20. The van der Waals surface area contributed by atoms with Crippen molar-refractivity contribution in [2.24, 2.45) is 5.92 Å². The zero-order valence-corrected chi connectivity index (χ0v) is 23.6. The van der Waals surface area contributed by atoms with Crippen LogP contribution in [0.3, 0.4) is 0 Å². The van der Waals surface area contributed by atoms with E-state index in [2.05, 4.69) is 10.2 Å². The molecule has 202 valence electrons. The predicted octanol–water partition coefficient (Wildman–Crippen LogP) is 4.00. The Balaban J connectivity index is 1.54. The van der Waals surface area contributed by atoms with Gasteiger partial charge in [0.05, 0.1) is 10.1 Å². The van der Waals surface area contributed by atoms with Gasteiger partial charge in [0.1, 0.15) is 6.04 Å². The molecule has 0 aliphatic carbocycles. The highest BCUT2D eigenvalue weighted by Gasteiger charge is 2.47. The van der Waals surface area contributed by atoms with E-state index in [4.69, 9.17) is 0 Å². The van der Waals surface area contributed by atoms with Crippen LogP contribution >= 0.6 is 23.5 Å². The van der Waals surface area contributed by atoms with Gasteiger partial charge in [-0.3, -0.25) is 28.9 Å². The van der Waals surface area contributed by atoms with Gasteiger partial charge in [-0.05, 0) is 50.3 Å². The summed E-state index contributed by atoms with van der Waals surface area (Å²) in [7, 11) is 1.97. The second kappa shape index (κ2) is 13.7. The molecule has 7 nitrogen and oxygen atoms in total. The molecule has 0 radical (unpaired) electrons. The molecule has 2 unspecified atom stereocenters. The largest absolute Gasteiger partial charge is 0.342 e. The first-order valence-electron chi connectivity index (χ1n) is 13.1.